The fraction of sp³-hybridized carbons (Fsp3) is 0.682. The Balaban J connectivity index is 2.15. The molecule has 1 spiro atoms. The van der Waals surface area contributed by atoms with Crippen molar-refractivity contribution < 1.29 is 0 Å². The second kappa shape index (κ2) is 7.96. The van der Waals surface area contributed by atoms with Crippen LogP contribution in [0.1, 0.15) is 39.5 Å². The predicted octanol–water partition coefficient (Wildman–Crippen LogP) is 2.53. The molecule has 0 bridgehead atoms. The number of nitrogens with two attached hydrogens (primary N) is 1. The summed E-state index contributed by atoms with van der Waals surface area (Å²) in [5.74, 6) is -0.00201. The molecule has 0 aromatic carbocycles. The number of fused-ring (bicyclic) bond motifs is 2. The third-order valence-corrected chi connectivity index (χ3v) is 7.04. The highest BCUT2D eigenvalue weighted by Gasteiger charge is 2.64. The summed E-state index contributed by atoms with van der Waals surface area (Å²) in [6.45, 7) is 9.66. The number of likely N-dealkylation sites (tertiary alicyclic amines) is 1. The van der Waals surface area contributed by atoms with Gasteiger partial charge in [0, 0.05) is 24.4 Å². The molecule has 3 aliphatic rings. The molecule has 1 saturated heterocycles. The van der Waals surface area contributed by atoms with E-state index in [9.17, 15) is 15.8 Å². The lowest BCUT2D eigenvalue weighted by molar-refractivity contribution is -0.0106. The smallest absolute Gasteiger partial charge is 0.190 e. The van der Waals surface area contributed by atoms with Crippen LogP contribution in [-0.4, -0.2) is 49.1 Å². The molecule has 1 atom stereocenters. The molecular formula is C22H30N6. The molecule has 0 saturated carbocycles. The predicted molar refractivity (Wildman–Crippen MR) is 107 cm³/mol. The molecule has 2 N–H and O–H groups in total. The second-order valence-corrected chi connectivity index (χ2v) is 8.34. The van der Waals surface area contributed by atoms with Crippen LogP contribution in [0.15, 0.2) is 22.9 Å². The number of nitrogens with zero attached hydrogens (tertiary/aromatic N) is 5. The first-order valence-corrected chi connectivity index (χ1v) is 10.4. The maximum atomic E-state index is 10.2. The molecule has 0 aromatic rings. The second-order valence-electron chi connectivity index (χ2n) is 8.34. The Bertz CT molecular complexity index is 780. The lowest BCUT2D eigenvalue weighted by atomic mass is 9.47. The lowest BCUT2D eigenvalue weighted by Gasteiger charge is -2.57. The van der Waals surface area contributed by atoms with Gasteiger partial charge in [-0.2, -0.15) is 15.8 Å². The molecule has 1 fully saturated rings. The van der Waals surface area contributed by atoms with Crippen molar-refractivity contribution in [3.8, 4) is 18.2 Å². The normalized spacial score (nSPS) is 26.7. The van der Waals surface area contributed by atoms with Gasteiger partial charge in [0.2, 0.25) is 0 Å². The number of nitriles is 3. The minimum absolute atomic E-state index is 0.00201. The number of piperidine rings is 1. The van der Waals surface area contributed by atoms with Crippen LogP contribution in [0.3, 0.4) is 0 Å². The molecule has 1 aliphatic carbocycles. The van der Waals surface area contributed by atoms with Gasteiger partial charge in [-0.25, -0.2) is 0 Å². The van der Waals surface area contributed by atoms with E-state index in [1.165, 1.54) is 0 Å². The Morgan fingerprint density at radius 2 is 1.68 bits per heavy atom. The van der Waals surface area contributed by atoms with Crippen LogP contribution in [0, 0.1) is 50.7 Å². The number of hydrogen-bond donors (Lipinski definition) is 1. The van der Waals surface area contributed by atoms with Crippen molar-refractivity contribution in [2.24, 2.45) is 22.5 Å². The summed E-state index contributed by atoms with van der Waals surface area (Å²) >= 11 is 0. The summed E-state index contributed by atoms with van der Waals surface area (Å²) in [7, 11) is 0. The summed E-state index contributed by atoms with van der Waals surface area (Å²) in [6.07, 6.45) is 5.78. The molecule has 0 amide bonds. The van der Waals surface area contributed by atoms with E-state index in [1.54, 1.807) is 0 Å². The van der Waals surface area contributed by atoms with E-state index in [2.05, 4.69) is 47.9 Å². The van der Waals surface area contributed by atoms with Gasteiger partial charge in [0.25, 0.3) is 0 Å². The van der Waals surface area contributed by atoms with E-state index in [0.717, 1.165) is 70.5 Å². The van der Waals surface area contributed by atoms with E-state index in [4.69, 9.17) is 5.73 Å². The van der Waals surface area contributed by atoms with E-state index in [1.807, 2.05) is 0 Å². The zero-order valence-electron chi connectivity index (χ0n) is 17.0. The molecular weight excluding hydrogens is 348 g/mol. The van der Waals surface area contributed by atoms with Crippen molar-refractivity contribution in [2.75, 3.05) is 39.3 Å². The molecule has 2 aliphatic heterocycles. The van der Waals surface area contributed by atoms with Gasteiger partial charge in [0.05, 0.1) is 23.4 Å². The quantitative estimate of drug-likeness (QED) is 0.806. The molecule has 6 nitrogen and oxygen atoms in total. The first-order chi connectivity index (χ1) is 13.5. The Kier molecular flexibility index (Phi) is 5.80. The van der Waals surface area contributed by atoms with Gasteiger partial charge in [-0.15, -0.1) is 0 Å². The summed E-state index contributed by atoms with van der Waals surface area (Å²) < 4.78 is 0. The van der Waals surface area contributed by atoms with E-state index >= 15 is 0 Å². The Labute approximate surface area is 168 Å². The minimum atomic E-state index is -1.44. The number of rotatable bonds is 4. The number of hydrogen-bond acceptors (Lipinski definition) is 6. The van der Waals surface area contributed by atoms with Crippen LogP contribution in [-0.2, 0) is 0 Å². The van der Waals surface area contributed by atoms with Crippen LogP contribution >= 0.6 is 0 Å². The van der Waals surface area contributed by atoms with Crippen molar-refractivity contribution in [2.45, 2.75) is 39.5 Å². The van der Waals surface area contributed by atoms with Gasteiger partial charge < -0.3 is 10.6 Å². The standard InChI is InChI=1S/C22H30N6/c1-3-8-27-11-6-21(7-12-27)19-14-28(9-4-2)10-5-17(19)18(13-23)20(26)22(21,15-24)16-25/h5,19H,3-4,6-12,14,26H2,1-2H3. The van der Waals surface area contributed by atoms with Crippen LogP contribution in [0.25, 0.3) is 0 Å². The van der Waals surface area contributed by atoms with Gasteiger partial charge >= 0.3 is 0 Å². The van der Waals surface area contributed by atoms with Crippen LogP contribution in [0.5, 0.6) is 0 Å². The van der Waals surface area contributed by atoms with Crippen molar-refractivity contribution in [3.63, 3.8) is 0 Å². The third kappa shape index (κ3) is 2.82. The topological polar surface area (TPSA) is 104 Å². The zero-order chi connectivity index (χ0) is 20.4. The largest absolute Gasteiger partial charge is 0.399 e. The van der Waals surface area contributed by atoms with Crippen LogP contribution in [0.4, 0.5) is 0 Å². The minimum Gasteiger partial charge on any atom is -0.399 e. The monoisotopic (exact) mass is 378 g/mol. The lowest BCUT2D eigenvalue weighted by Crippen LogP contribution is -2.60. The maximum Gasteiger partial charge on any atom is 0.190 e. The van der Waals surface area contributed by atoms with Gasteiger partial charge in [0.1, 0.15) is 6.07 Å². The molecule has 0 aromatic heterocycles. The highest BCUT2D eigenvalue weighted by molar-refractivity contribution is 5.58. The van der Waals surface area contributed by atoms with E-state index < -0.39 is 10.8 Å². The molecule has 0 radical (unpaired) electrons. The first kappa shape index (κ1) is 20.4. The molecule has 6 heteroatoms. The molecule has 1 unspecified atom stereocenters. The van der Waals surface area contributed by atoms with Crippen molar-refractivity contribution in [1.82, 2.24) is 9.80 Å². The van der Waals surface area contributed by atoms with Crippen LogP contribution < -0.4 is 5.73 Å². The average Bonchev–Trinajstić information content (AvgIpc) is 2.72. The molecule has 3 rings (SSSR count). The van der Waals surface area contributed by atoms with Gasteiger partial charge in [-0.3, -0.25) is 4.90 Å². The van der Waals surface area contributed by atoms with Crippen molar-refractivity contribution in [3.05, 3.63) is 22.9 Å². The fourth-order valence-electron chi connectivity index (χ4n) is 5.63. The summed E-state index contributed by atoms with van der Waals surface area (Å²) in [4.78, 5) is 4.80. The van der Waals surface area contributed by atoms with Gasteiger partial charge in [-0.05, 0) is 57.4 Å². The van der Waals surface area contributed by atoms with Crippen molar-refractivity contribution in [1.29, 1.82) is 15.8 Å². The Morgan fingerprint density at radius 1 is 1.07 bits per heavy atom. The van der Waals surface area contributed by atoms with E-state index in [0.29, 0.717) is 5.57 Å². The molecule has 28 heavy (non-hydrogen) atoms. The number of allylic oxidation sites excluding steroid dienone is 2. The highest BCUT2D eigenvalue weighted by atomic mass is 15.1. The highest BCUT2D eigenvalue weighted by Crippen LogP contribution is 2.61. The van der Waals surface area contributed by atoms with E-state index in [-0.39, 0.29) is 11.6 Å². The molecule has 148 valence electrons. The summed E-state index contributed by atoms with van der Waals surface area (Å²) in [5.41, 5.74) is 5.97. The fourth-order valence-corrected chi connectivity index (χ4v) is 5.63. The SMILES string of the molecule is CCCN1CCC2(CC1)C1CN(CCC)CC=C1C(C#N)=C(N)C2(C#N)C#N. The summed E-state index contributed by atoms with van der Waals surface area (Å²) in [6, 6.07) is 6.85. The zero-order valence-corrected chi connectivity index (χ0v) is 17.0. The Morgan fingerprint density at radius 3 is 2.21 bits per heavy atom. The van der Waals surface area contributed by atoms with Gasteiger partial charge in [-0.1, -0.05) is 19.9 Å². The van der Waals surface area contributed by atoms with Crippen LogP contribution in [0.2, 0.25) is 0 Å². The third-order valence-electron chi connectivity index (χ3n) is 7.04. The molecule has 2 heterocycles. The maximum absolute atomic E-state index is 10.2. The average molecular weight is 379 g/mol. The first-order valence-electron chi connectivity index (χ1n) is 10.4. The Hall–Kier alpha value is -2.33. The van der Waals surface area contributed by atoms with Gasteiger partial charge in [0.15, 0.2) is 5.41 Å². The van der Waals surface area contributed by atoms with Crippen molar-refractivity contribution >= 4 is 0 Å². The summed E-state index contributed by atoms with van der Waals surface area (Å²) in [5, 5.41) is 30.3.